The quantitative estimate of drug-likeness (QED) is 0.194. The number of rotatable bonds is 6. The maximum atomic E-state index is 14.0. The van der Waals surface area contributed by atoms with E-state index in [2.05, 4.69) is 34.3 Å². The molecule has 256 valence electrons. The normalized spacial score (nSPS) is 21.2. The molecule has 2 aromatic carbocycles. The van der Waals surface area contributed by atoms with Gasteiger partial charge in [-0.15, -0.1) is 0 Å². The van der Waals surface area contributed by atoms with Gasteiger partial charge in [0.15, 0.2) is 5.76 Å². The second kappa shape index (κ2) is 11.2. The molecule has 0 bridgehead atoms. The van der Waals surface area contributed by atoms with Crippen LogP contribution >= 0.6 is 0 Å². The number of carbonyl (C=O) groups is 3. The first-order chi connectivity index (χ1) is 24.0. The van der Waals surface area contributed by atoms with Crippen LogP contribution in [0.4, 0.5) is 4.79 Å². The Morgan fingerprint density at radius 2 is 1.88 bits per heavy atom. The van der Waals surface area contributed by atoms with Gasteiger partial charge in [-0.25, -0.2) is 9.78 Å². The summed E-state index contributed by atoms with van der Waals surface area (Å²) in [5.41, 5.74) is 6.86. The molecule has 0 spiro atoms. The lowest BCUT2D eigenvalue weighted by molar-refractivity contribution is 0.0382. The molecule has 10 nitrogen and oxygen atoms in total. The van der Waals surface area contributed by atoms with Gasteiger partial charge in [0, 0.05) is 58.6 Å². The van der Waals surface area contributed by atoms with E-state index >= 15 is 0 Å². The Bertz CT molecular complexity index is 2240. The molecule has 5 aromatic rings. The van der Waals surface area contributed by atoms with Gasteiger partial charge in [0.25, 0.3) is 11.8 Å². The number of likely N-dealkylation sites (tertiary alicyclic amines) is 1. The predicted molar refractivity (Wildman–Crippen MR) is 189 cm³/mol. The lowest BCUT2D eigenvalue weighted by atomic mass is 9.75. The molecule has 5 heterocycles. The Balaban J connectivity index is 1.05. The fourth-order valence-corrected chi connectivity index (χ4v) is 8.02. The zero-order valence-electron chi connectivity index (χ0n) is 28.8. The van der Waals surface area contributed by atoms with Crippen LogP contribution in [0.2, 0.25) is 0 Å². The predicted octanol–water partition coefficient (Wildman–Crippen LogP) is 7.41. The lowest BCUT2D eigenvalue weighted by Gasteiger charge is -2.34. The molecule has 4 aliphatic rings. The molecule has 2 N–H and O–H groups in total. The zero-order valence-corrected chi connectivity index (χ0v) is 28.8. The van der Waals surface area contributed by atoms with Crippen molar-refractivity contribution in [2.75, 3.05) is 6.54 Å². The van der Waals surface area contributed by atoms with E-state index in [9.17, 15) is 14.4 Å². The SMILES string of the molecule is Cc1c(-c2cc3ccc(-c4ccc5c(c4)C(=O)NC5)nc3n2CC2CC2)oc2cc(C(=O)N3CC4CC[C@H]4C3NC(=O)OC(C)(C)C)ccc12. The number of amides is 3. The van der Waals surface area contributed by atoms with Crippen molar-refractivity contribution in [3.8, 4) is 22.7 Å². The smallest absolute Gasteiger partial charge is 0.409 e. The summed E-state index contributed by atoms with van der Waals surface area (Å²) in [7, 11) is 0. The second-order valence-electron chi connectivity index (χ2n) is 15.6. The van der Waals surface area contributed by atoms with Crippen molar-refractivity contribution in [2.24, 2.45) is 17.8 Å². The van der Waals surface area contributed by atoms with Crippen molar-refractivity contribution in [3.63, 3.8) is 0 Å². The fourth-order valence-electron chi connectivity index (χ4n) is 8.02. The fraction of sp³-hybridized carbons (Fsp3) is 0.400. The Morgan fingerprint density at radius 1 is 1.04 bits per heavy atom. The van der Waals surface area contributed by atoms with Crippen molar-refractivity contribution in [1.29, 1.82) is 0 Å². The highest BCUT2D eigenvalue weighted by Gasteiger charge is 2.50. The van der Waals surface area contributed by atoms with E-state index in [-0.39, 0.29) is 17.7 Å². The molecule has 9 rings (SSSR count). The van der Waals surface area contributed by atoms with Crippen molar-refractivity contribution < 1.29 is 23.5 Å². The molecule has 50 heavy (non-hydrogen) atoms. The third-order valence-corrected chi connectivity index (χ3v) is 11.0. The summed E-state index contributed by atoms with van der Waals surface area (Å²) in [4.78, 5) is 46.1. The monoisotopic (exact) mass is 671 g/mol. The number of hydrogen-bond acceptors (Lipinski definition) is 6. The molecule has 1 saturated heterocycles. The van der Waals surface area contributed by atoms with Gasteiger partial charge in [0.1, 0.15) is 23.0 Å². The Morgan fingerprint density at radius 3 is 2.64 bits per heavy atom. The van der Waals surface area contributed by atoms with Crippen LogP contribution in [0.3, 0.4) is 0 Å². The third kappa shape index (κ3) is 5.23. The van der Waals surface area contributed by atoms with Crippen molar-refractivity contribution in [2.45, 2.75) is 78.2 Å². The number of nitrogens with one attached hydrogen (secondary N) is 2. The number of ether oxygens (including phenoxy) is 1. The van der Waals surface area contributed by atoms with E-state index in [0.29, 0.717) is 41.6 Å². The van der Waals surface area contributed by atoms with Gasteiger partial charge >= 0.3 is 6.09 Å². The molecule has 2 aliphatic heterocycles. The van der Waals surface area contributed by atoms with Crippen molar-refractivity contribution in [3.05, 3.63) is 76.9 Å². The first-order valence-corrected chi connectivity index (χ1v) is 17.8. The van der Waals surface area contributed by atoms with Crippen LogP contribution in [0.15, 0.2) is 59.0 Å². The highest BCUT2D eigenvalue weighted by Crippen LogP contribution is 2.45. The summed E-state index contributed by atoms with van der Waals surface area (Å²) in [6.07, 6.45) is 3.50. The van der Waals surface area contributed by atoms with Gasteiger partial charge in [-0.2, -0.15) is 0 Å². The molecule has 3 amide bonds. The van der Waals surface area contributed by atoms with E-state index in [0.717, 1.165) is 69.6 Å². The van der Waals surface area contributed by atoms with Gasteiger partial charge in [0.2, 0.25) is 0 Å². The first-order valence-electron chi connectivity index (χ1n) is 17.8. The lowest BCUT2D eigenvalue weighted by Crippen LogP contribution is -2.51. The van der Waals surface area contributed by atoms with Crippen LogP contribution in [-0.2, 0) is 17.8 Å². The van der Waals surface area contributed by atoms with Crippen LogP contribution in [-0.4, -0.2) is 50.7 Å². The number of alkyl carbamates (subject to hydrolysis) is 1. The maximum absolute atomic E-state index is 14.0. The van der Waals surface area contributed by atoms with Gasteiger partial charge in [-0.1, -0.05) is 18.2 Å². The molecular weight excluding hydrogens is 630 g/mol. The number of aryl methyl sites for hydroxylation is 1. The summed E-state index contributed by atoms with van der Waals surface area (Å²) in [5, 5.41) is 7.87. The molecule has 3 atom stereocenters. The number of furan rings is 1. The number of aromatic nitrogens is 2. The van der Waals surface area contributed by atoms with Crippen LogP contribution in [0.25, 0.3) is 44.7 Å². The Labute approximate surface area is 290 Å². The highest BCUT2D eigenvalue weighted by atomic mass is 16.6. The third-order valence-electron chi connectivity index (χ3n) is 11.0. The molecule has 10 heteroatoms. The molecule has 2 unspecified atom stereocenters. The molecule has 2 aliphatic carbocycles. The van der Waals surface area contributed by atoms with Gasteiger partial charge in [-0.3, -0.25) is 9.59 Å². The molecular formula is C40H41N5O5. The largest absolute Gasteiger partial charge is 0.454 e. The minimum Gasteiger partial charge on any atom is -0.454 e. The van der Waals surface area contributed by atoms with E-state index in [1.807, 2.05) is 63.2 Å². The van der Waals surface area contributed by atoms with E-state index in [1.54, 1.807) is 4.90 Å². The second-order valence-corrected chi connectivity index (χ2v) is 15.6. The number of carbonyl (C=O) groups excluding carboxylic acids is 3. The van der Waals surface area contributed by atoms with Crippen molar-refractivity contribution in [1.82, 2.24) is 25.1 Å². The van der Waals surface area contributed by atoms with Crippen LogP contribution in [0.1, 0.15) is 78.3 Å². The number of hydrogen-bond donors (Lipinski definition) is 2. The summed E-state index contributed by atoms with van der Waals surface area (Å²) in [5.74, 6) is 1.80. The number of pyridine rings is 1. The minimum absolute atomic E-state index is 0.0441. The zero-order chi connectivity index (χ0) is 34.5. The van der Waals surface area contributed by atoms with Crippen LogP contribution < -0.4 is 10.6 Å². The number of nitrogens with zero attached hydrogens (tertiary/aromatic N) is 3. The van der Waals surface area contributed by atoms with Gasteiger partial charge in [-0.05, 0) is 107 Å². The van der Waals surface area contributed by atoms with Gasteiger partial charge < -0.3 is 29.3 Å². The topological polar surface area (TPSA) is 119 Å². The van der Waals surface area contributed by atoms with E-state index < -0.39 is 17.9 Å². The minimum atomic E-state index is -0.624. The van der Waals surface area contributed by atoms with E-state index in [1.165, 1.54) is 12.8 Å². The Kier molecular flexibility index (Phi) is 6.92. The first kappa shape index (κ1) is 30.9. The summed E-state index contributed by atoms with van der Waals surface area (Å²) in [6, 6.07) is 17.9. The molecule has 3 aromatic heterocycles. The van der Waals surface area contributed by atoms with Gasteiger partial charge in [0.05, 0.1) is 11.4 Å². The number of benzene rings is 2. The summed E-state index contributed by atoms with van der Waals surface area (Å²) in [6.45, 7) is 9.58. The average molecular weight is 672 g/mol. The summed E-state index contributed by atoms with van der Waals surface area (Å²) >= 11 is 0. The maximum Gasteiger partial charge on any atom is 0.409 e. The molecule has 0 radical (unpaired) electrons. The summed E-state index contributed by atoms with van der Waals surface area (Å²) < 4.78 is 14.5. The Hall–Kier alpha value is -5.12. The molecule has 3 fully saturated rings. The van der Waals surface area contributed by atoms with E-state index in [4.69, 9.17) is 14.1 Å². The van der Waals surface area contributed by atoms with Crippen LogP contribution in [0.5, 0.6) is 0 Å². The molecule has 2 saturated carbocycles. The number of fused-ring (bicyclic) bond motifs is 4. The van der Waals surface area contributed by atoms with Crippen LogP contribution in [0, 0.1) is 24.7 Å². The van der Waals surface area contributed by atoms with Crippen molar-refractivity contribution >= 4 is 39.9 Å². The average Bonchev–Trinajstić information content (AvgIpc) is 3.49. The standard InChI is InChI=1S/C40H41N5O5/c1-21-28-12-9-25(38(47)45-20-27-10-13-29(27)36(45)43-39(48)50-40(2,3)4)17-33(28)49-34(21)32-16-24-11-14-31(42-35(24)44(32)19-22-5-6-22)23-7-8-26-18-41-37(46)30(26)15-23/h7-9,11-12,14-17,22,27,29,36H,5-6,10,13,18-20H2,1-4H3,(H,41,46)(H,43,48)/t27?,29-,36?/m1/s1. The highest BCUT2D eigenvalue weighted by molar-refractivity contribution is 6.01.